The molecule has 0 saturated carbocycles. The van der Waals surface area contributed by atoms with Crippen LogP contribution in [0, 0.1) is 5.92 Å². The zero-order valence-electron chi connectivity index (χ0n) is 32.9. The molecule has 0 saturated heterocycles. The molecular formula is C39H54N10O9S. The number of para-hydroxylation sites is 1. The lowest BCUT2D eigenvalue weighted by Crippen LogP contribution is -2.60. The number of fused-ring (bicyclic) bond motifs is 1. The number of carboxylic acid groups (broad SMARTS) is 2. The molecule has 0 aliphatic rings. The molecule has 0 spiro atoms. The van der Waals surface area contributed by atoms with E-state index in [1.165, 1.54) is 0 Å². The molecule has 20 heteroatoms. The number of aromatic amines is 1. The number of aromatic nitrogens is 1. The largest absolute Gasteiger partial charge is 0.481 e. The first-order chi connectivity index (χ1) is 28.0. The summed E-state index contributed by atoms with van der Waals surface area (Å²) in [5, 5.41) is 33.0. The van der Waals surface area contributed by atoms with Crippen molar-refractivity contribution in [2.75, 3.05) is 12.3 Å². The van der Waals surface area contributed by atoms with Crippen molar-refractivity contribution in [2.24, 2.45) is 28.1 Å². The van der Waals surface area contributed by atoms with E-state index in [-0.39, 0.29) is 56.3 Å². The van der Waals surface area contributed by atoms with Gasteiger partial charge in [0.2, 0.25) is 29.5 Å². The highest BCUT2D eigenvalue weighted by molar-refractivity contribution is 7.80. The average molecular weight is 839 g/mol. The lowest BCUT2D eigenvalue weighted by Gasteiger charge is -2.27. The smallest absolute Gasteiger partial charge is 0.326 e. The van der Waals surface area contributed by atoms with Gasteiger partial charge < -0.3 is 59.0 Å². The molecule has 0 radical (unpaired) electrons. The molecule has 19 nitrogen and oxygen atoms in total. The number of carboxylic acids is 2. The van der Waals surface area contributed by atoms with Crippen LogP contribution in [0.1, 0.15) is 50.7 Å². The maximum absolute atomic E-state index is 14.2. The van der Waals surface area contributed by atoms with Gasteiger partial charge in [-0.15, -0.1) is 0 Å². The molecule has 6 atom stereocenters. The quantitative estimate of drug-likeness (QED) is 0.0231. The fourth-order valence-corrected chi connectivity index (χ4v) is 6.26. The van der Waals surface area contributed by atoms with E-state index in [0.29, 0.717) is 11.1 Å². The fourth-order valence-electron chi connectivity index (χ4n) is 6.09. The molecule has 0 bridgehead atoms. The zero-order valence-corrected chi connectivity index (χ0v) is 33.7. The predicted molar refractivity (Wildman–Crippen MR) is 223 cm³/mol. The first-order valence-electron chi connectivity index (χ1n) is 19.0. The van der Waals surface area contributed by atoms with Gasteiger partial charge in [-0.2, -0.15) is 12.6 Å². The first-order valence-corrected chi connectivity index (χ1v) is 19.6. The summed E-state index contributed by atoms with van der Waals surface area (Å²) in [5.41, 5.74) is 18.7. The van der Waals surface area contributed by atoms with Gasteiger partial charge in [0.15, 0.2) is 5.96 Å². The van der Waals surface area contributed by atoms with E-state index in [9.17, 15) is 43.8 Å². The van der Waals surface area contributed by atoms with Crippen LogP contribution in [-0.2, 0) is 46.4 Å². The number of aliphatic imine (C=N–C) groups is 1. The Balaban J connectivity index is 1.94. The van der Waals surface area contributed by atoms with Gasteiger partial charge in [-0.3, -0.25) is 33.8 Å². The SMILES string of the molecule is CC(C)C[C@H](NC(=O)[C@H](CC(=O)O)NC(=O)[C@@H](N)CS)C(=O)N[C@@H](CCCN=C(N)N)C(=O)N[C@@H](Cc1c[nH]c2ccccc12)C(=O)N[C@@H](Cc1ccccc1)C(=O)O. The maximum Gasteiger partial charge on any atom is 0.326 e. The van der Waals surface area contributed by atoms with Crippen molar-refractivity contribution >= 4 is 71.0 Å². The number of hydrogen-bond acceptors (Lipinski definition) is 10. The molecule has 1 heterocycles. The Morgan fingerprint density at radius 3 is 1.92 bits per heavy atom. The second-order valence-corrected chi connectivity index (χ2v) is 14.7. The van der Waals surface area contributed by atoms with Crippen LogP contribution in [0.2, 0.25) is 0 Å². The average Bonchev–Trinajstić information content (AvgIpc) is 3.59. The van der Waals surface area contributed by atoms with Crippen LogP contribution in [0.5, 0.6) is 0 Å². The lowest BCUT2D eigenvalue weighted by molar-refractivity contribution is -0.142. The summed E-state index contributed by atoms with van der Waals surface area (Å²) in [4.78, 5) is 99.0. The number of carbonyl (C=O) groups is 7. The summed E-state index contributed by atoms with van der Waals surface area (Å²) in [5.74, 6) is -7.45. The number of benzene rings is 2. The highest BCUT2D eigenvalue weighted by atomic mass is 32.1. The Morgan fingerprint density at radius 1 is 0.729 bits per heavy atom. The van der Waals surface area contributed by atoms with Crippen molar-refractivity contribution in [1.29, 1.82) is 0 Å². The standard InChI is InChI=1S/C39H54N10O9S/c1-21(2)15-28(47-37(56)30(18-32(50)51)46-33(52)25(40)20-59)35(54)45-27(13-8-14-43-39(41)42)34(53)48-29(17-23-19-44-26-12-7-6-11-24(23)26)36(55)49-31(38(57)58)16-22-9-4-3-5-10-22/h3-7,9-12,19,21,25,27-31,44,59H,8,13-18,20,40H2,1-2H3,(H,45,54)(H,46,52)(H,47,56)(H,48,53)(H,49,55)(H,50,51)(H,57,58)(H4,41,42,43)/t25-,27-,28-,29-,30-,31-/m0/s1. The summed E-state index contributed by atoms with van der Waals surface area (Å²) < 4.78 is 0. The number of guanidine groups is 1. The number of nitrogens with one attached hydrogen (secondary N) is 6. The van der Waals surface area contributed by atoms with Crippen molar-refractivity contribution < 1.29 is 43.8 Å². The Morgan fingerprint density at radius 2 is 1.29 bits per heavy atom. The number of hydrogen-bond donors (Lipinski definition) is 12. The van der Waals surface area contributed by atoms with Gasteiger partial charge in [-0.25, -0.2) is 4.79 Å². The summed E-state index contributed by atoms with van der Waals surface area (Å²) in [6, 6.07) is 7.86. The van der Waals surface area contributed by atoms with Crippen LogP contribution < -0.4 is 43.8 Å². The lowest BCUT2D eigenvalue weighted by atomic mass is 10.0. The van der Waals surface area contributed by atoms with E-state index in [0.717, 1.165) is 10.9 Å². The van der Waals surface area contributed by atoms with Gasteiger partial charge in [0.25, 0.3) is 0 Å². The minimum Gasteiger partial charge on any atom is -0.481 e. The number of rotatable bonds is 24. The fraction of sp³-hybridized carbons (Fsp3) is 0.436. The highest BCUT2D eigenvalue weighted by Crippen LogP contribution is 2.20. The number of nitrogens with zero attached hydrogens (tertiary/aromatic N) is 1. The second kappa shape index (κ2) is 23.3. The van der Waals surface area contributed by atoms with Crippen LogP contribution in [0.25, 0.3) is 10.9 Å². The molecule has 1 aromatic heterocycles. The maximum atomic E-state index is 14.2. The van der Waals surface area contributed by atoms with Crippen LogP contribution >= 0.6 is 12.6 Å². The number of carbonyl (C=O) groups excluding carboxylic acids is 5. The summed E-state index contributed by atoms with van der Waals surface area (Å²) in [6.45, 7) is 3.60. The van der Waals surface area contributed by atoms with Gasteiger partial charge >= 0.3 is 11.9 Å². The topological polar surface area (TPSA) is 326 Å². The molecule has 2 aromatic carbocycles. The molecule has 0 unspecified atom stereocenters. The van der Waals surface area contributed by atoms with Crippen molar-refractivity contribution in [2.45, 2.75) is 88.6 Å². The van der Waals surface area contributed by atoms with Crippen molar-refractivity contribution in [3.05, 3.63) is 71.9 Å². The van der Waals surface area contributed by atoms with Crippen molar-refractivity contribution in [3.8, 4) is 0 Å². The molecule has 0 aliphatic heterocycles. The van der Waals surface area contributed by atoms with E-state index in [1.54, 1.807) is 56.4 Å². The number of H-pyrrole nitrogens is 1. The molecule has 3 rings (SSSR count). The number of thiol groups is 1. The van der Waals surface area contributed by atoms with Gasteiger partial charge in [-0.05, 0) is 42.4 Å². The molecule has 320 valence electrons. The van der Waals surface area contributed by atoms with Crippen molar-refractivity contribution in [1.82, 2.24) is 31.6 Å². The van der Waals surface area contributed by atoms with Crippen LogP contribution in [-0.4, -0.2) is 111 Å². The van der Waals surface area contributed by atoms with Crippen LogP contribution in [0.15, 0.2) is 65.8 Å². The molecular weight excluding hydrogens is 785 g/mol. The summed E-state index contributed by atoms with van der Waals surface area (Å²) >= 11 is 3.96. The monoisotopic (exact) mass is 838 g/mol. The highest BCUT2D eigenvalue weighted by Gasteiger charge is 2.34. The van der Waals surface area contributed by atoms with Crippen molar-refractivity contribution in [3.63, 3.8) is 0 Å². The van der Waals surface area contributed by atoms with E-state index >= 15 is 0 Å². The second-order valence-electron chi connectivity index (χ2n) is 14.4. The van der Waals surface area contributed by atoms with Crippen LogP contribution in [0.3, 0.4) is 0 Å². The Hall–Kier alpha value is -6.15. The predicted octanol–water partition coefficient (Wildman–Crippen LogP) is -0.707. The first kappa shape index (κ1) is 47.2. The van der Waals surface area contributed by atoms with E-state index in [4.69, 9.17) is 17.2 Å². The summed E-state index contributed by atoms with van der Waals surface area (Å²) in [7, 11) is 0. The Labute approximate surface area is 346 Å². The zero-order chi connectivity index (χ0) is 43.6. The minimum atomic E-state index is -1.60. The Bertz CT molecular complexity index is 1950. The minimum absolute atomic E-state index is 0.0351. The summed E-state index contributed by atoms with van der Waals surface area (Å²) in [6.07, 6.45) is 0.893. The van der Waals surface area contributed by atoms with Gasteiger partial charge in [0.05, 0.1) is 12.5 Å². The van der Waals surface area contributed by atoms with Gasteiger partial charge in [0, 0.05) is 42.2 Å². The third-order valence-corrected chi connectivity index (χ3v) is 9.49. The van der Waals surface area contributed by atoms with E-state index < -0.39 is 84.1 Å². The molecule has 0 aliphatic carbocycles. The van der Waals surface area contributed by atoms with Crippen LogP contribution in [0.4, 0.5) is 0 Å². The van der Waals surface area contributed by atoms with E-state index in [1.807, 2.05) is 18.2 Å². The van der Waals surface area contributed by atoms with Gasteiger partial charge in [0.1, 0.15) is 30.2 Å². The molecule has 0 fully saturated rings. The molecule has 5 amide bonds. The molecule has 59 heavy (non-hydrogen) atoms. The third-order valence-electron chi connectivity index (χ3n) is 9.09. The number of amides is 5. The number of aliphatic carboxylic acids is 2. The normalized spacial score (nSPS) is 14.1. The molecule has 14 N–H and O–H groups in total. The Kier molecular flexibility index (Phi) is 18.7. The molecule has 3 aromatic rings. The third kappa shape index (κ3) is 15.6. The number of nitrogens with two attached hydrogens (primary N) is 3. The van der Waals surface area contributed by atoms with E-state index in [2.05, 4.69) is 49.2 Å². The van der Waals surface area contributed by atoms with Gasteiger partial charge in [-0.1, -0.05) is 62.4 Å².